The Labute approximate surface area is 86.9 Å². The zero-order chi connectivity index (χ0) is 10.6. The average molecular weight is 220 g/mol. The first-order chi connectivity index (χ1) is 6.52. The first-order valence-electron chi connectivity index (χ1n) is 5.27. The summed E-state index contributed by atoms with van der Waals surface area (Å²) in [5, 5.41) is 0. The van der Waals surface area contributed by atoms with E-state index in [1.54, 1.807) is 0 Å². The average Bonchev–Trinajstić information content (AvgIpc) is 2.54. The van der Waals surface area contributed by atoms with Crippen molar-refractivity contribution >= 4 is 10.2 Å². The summed E-state index contributed by atoms with van der Waals surface area (Å²) in [4.78, 5) is 0. The Morgan fingerprint density at radius 2 is 1.86 bits per heavy atom. The molecule has 0 unspecified atom stereocenters. The lowest BCUT2D eigenvalue weighted by Crippen LogP contribution is -2.39. The Morgan fingerprint density at radius 3 is 2.36 bits per heavy atom. The molecule has 0 aromatic heterocycles. The fourth-order valence-electron chi connectivity index (χ4n) is 1.50. The first kappa shape index (κ1) is 11.9. The van der Waals surface area contributed by atoms with Gasteiger partial charge in [-0.1, -0.05) is 13.8 Å². The van der Waals surface area contributed by atoms with Gasteiger partial charge in [-0.3, -0.25) is 0 Å². The molecule has 0 aromatic carbocycles. The van der Waals surface area contributed by atoms with Crippen LogP contribution in [0.3, 0.4) is 0 Å². The molecule has 5 heteroatoms. The molecule has 0 spiro atoms. The van der Waals surface area contributed by atoms with E-state index in [0.29, 0.717) is 25.6 Å². The molecule has 0 aliphatic carbocycles. The molecular weight excluding hydrogens is 200 g/mol. The van der Waals surface area contributed by atoms with E-state index in [1.807, 2.05) is 0 Å². The molecule has 0 aromatic rings. The molecule has 1 aliphatic rings. The Hall–Kier alpha value is -0.130. The van der Waals surface area contributed by atoms with Crippen molar-refractivity contribution in [1.82, 2.24) is 9.03 Å². The Balaban J connectivity index is 2.34. The van der Waals surface area contributed by atoms with E-state index >= 15 is 0 Å². The van der Waals surface area contributed by atoms with Gasteiger partial charge in [-0.15, -0.1) is 0 Å². The normalized spacial score (nSPS) is 19.4. The summed E-state index contributed by atoms with van der Waals surface area (Å²) in [5.41, 5.74) is 0. The Morgan fingerprint density at radius 1 is 1.29 bits per heavy atom. The van der Waals surface area contributed by atoms with Crippen LogP contribution < -0.4 is 4.72 Å². The third kappa shape index (κ3) is 3.55. The molecule has 1 heterocycles. The standard InChI is InChI=1S/C9H20N2O2S/c1-9(2)5-6-10-14(12,13)11-7-3-4-8-11/h9-10H,3-8H2,1-2H3. The van der Waals surface area contributed by atoms with Crippen molar-refractivity contribution in [3.05, 3.63) is 0 Å². The summed E-state index contributed by atoms with van der Waals surface area (Å²) < 4.78 is 27.4. The van der Waals surface area contributed by atoms with Crippen molar-refractivity contribution < 1.29 is 8.42 Å². The quantitative estimate of drug-likeness (QED) is 0.750. The van der Waals surface area contributed by atoms with E-state index in [4.69, 9.17) is 0 Å². The summed E-state index contributed by atoms with van der Waals surface area (Å²) in [6, 6.07) is 0. The molecule has 0 saturated carbocycles. The highest BCUT2D eigenvalue weighted by atomic mass is 32.2. The molecule has 0 atom stereocenters. The van der Waals surface area contributed by atoms with Crippen LogP contribution in [0.2, 0.25) is 0 Å². The minimum absolute atomic E-state index is 0.538. The molecule has 84 valence electrons. The molecule has 1 saturated heterocycles. The molecule has 14 heavy (non-hydrogen) atoms. The van der Waals surface area contributed by atoms with Gasteiger partial charge in [0.25, 0.3) is 10.2 Å². The van der Waals surface area contributed by atoms with Crippen molar-refractivity contribution in [2.75, 3.05) is 19.6 Å². The highest BCUT2D eigenvalue weighted by molar-refractivity contribution is 7.87. The smallest absolute Gasteiger partial charge is 0.202 e. The maximum absolute atomic E-state index is 11.6. The molecule has 1 fully saturated rings. The largest absolute Gasteiger partial charge is 0.279 e. The monoisotopic (exact) mass is 220 g/mol. The van der Waals surface area contributed by atoms with E-state index < -0.39 is 10.2 Å². The maximum Gasteiger partial charge on any atom is 0.279 e. The minimum Gasteiger partial charge on any atom is -0.202 e. The van der Waals surface area contributed by atoms with Crippen molar-refractivity contribution in [3.63, 3.8) is 0 Å². The fraction of sp³-hybridized carbons (Fsp3) is 1.00. The molecular formula is C9H20N2O2S. The fourth-order valence-corrected chi connectivity index (χ4v) is 2.79. The van der Waals surface area contributed by atoms with Crippen LogP contribution >= 0.6 is 0 Å². The summed E-state index contributed by atoms with van der Waals surface area (Å²) >= 11 is 0. The number of hydrogen-bond donors (Lipinski definition) is 1. The van der Waals surface area contributed by atoms with Crippen LogP contribution in [-0.4, -0.2) is 32.4 Å². The second-order valence-electron chi connectivity index (χ2n) is 4.19. The first-order valence-corrected chi connectivity index (χ1v) is 6.71. The van der Waals surface area contributed by atoms with Gasteiger partial charge in [0.05, 0.1) is 0 Å². The van der Waals surface area contributed by atoms with Crippen LogP contribution in [0, 0.1) is 5.92 Å². The van der Waals surface area contributed by atoms with Gasteiger partial charge >= 0.3 is 0 Å². The Kier molecular flexibility index (Phi) is 4.34. The topological polar surface area (TPSA) is 49.4 Å². The number of nitrogens with one attached hydrogen (secondary N) is 1. The predicted octanol–water partition coefficient (Wildman–Crippen LogP) is 0.963. The number of rotatable bonds is 5. The molecule has 4 nitrogen and oxygen atoms in total. The highest BCUT2D eigenvalue weighted by Crippen LogP contribution is 2.11. The van der Waals surface area contributed by atoms with E-state index in [2.05, 4.69) is 18.6 Å². The lowest BCUT2D eigenvalue weighted by molar-refractivity contribution is 0.459. The van der Waals surface area contributed by atoms with Crippen LogP contribution in [0.1, 0.15) is 33.1 Å². The predicted molar refractivity (Wildman–Crippen MR) is 57.2 cm³/mol. The SMILES string of the molecule is CC(C)CCNS(=O)(=O)N1CCCC1. The molecule has 0 amide bonds. The van der Waals surface area contributed by atoms with Gasteiger partial charge in [0.15, 0.2) is 0 Å². The van der Waals surface area contributed by atoms with Gasteiger partial charge in [-0.05, 0) is 25.2 Å². The van der Waals surface area contributed by atoms with E-state index in [9.17, 15) is 8.42 Å². The lowest BCUT2D eigenvalue weighted by atomic mass is 10.1. The van der Waals surface area contributed by atoms with Crippen LogP contribution in [0.15, 0.2) is 0 Å². The Bertz CT molecular complexity index is 256. The molecule has 1 rings (SSSR count). The molecule has 1 aliphatic heterocycles. The second kappa shape index (κ2) is 5.09. The lowest BCUT2D eigenvalue weighted by Gasteiger charge is -2.16. The third-order valence-electron chi connectivity index (χ3n) is 2.41. The maximum atomic E-state index is 11.6. The molecule has 0 bridgehead atoms. The van der Waals surface area contributed by atoms with Gasteiger partial charge in [-0.25, -0.2) is 4.72 Å². The second-order valence-corrected chi connectivity index (χ2v) is 5.94. The van der Waals surface area contributed by atoms with E-state index in [-0.39, 0.29) is 0 Å². The summed E-state index contributed by atoms with van der Waals surface area (Å²) in [6.45, 7) is 6.08. The minimum atomic E-state index is -3.17. The van der Waals surface area contributed by atoms with Gasteiger partial charge in [0.1, 0.15) is 0 Å². The van der Waals surface area contributed by atoms with Crippen molar-refractivity contribution in [3.8, 4) is 0 Å². The van der Waals surface area contributed by atoms with E-state index in [1.165, 1.54) is 4.31 Å². The molecule has 0 radical (unpaired) electrons. The van der Waals surface area contributed by atoms with Crippen LogP contribution in [0.25, 0.3) is 0 Å². The number of hydrogen-bond acceptors (Lipinski definition) is 2. The summed E-state index contributed by atoms with van der Waals surface area (Å²) in [7, 11) is -3.17. The van der Waals surface area contributed by atoms with Gasteiger partial charge in [0, 0.05) is 19.6 Å². The van der Waals surface area contributed by atoms with Crippen molar-refractivity contribution in [1.29, 1.82) is 0 Å². The van der Waals surface area contributed by atoms with Gasteiger partial charge in [-0.2, -0.15) is 12.7 Å². The van der Waals surface area contributed by atoms with Crippen LogP contribution in [0.4, 0.5) is 0 Å². The van der Waals surface area contributed by atoms with E-state index in [0.717, 1.165) is 19.3 Å². The summed E-state index contributed by atoms with van der Waals surface area (Å²) in [5.74, 6) is 0.538. The zero-order valence-electron chi connectivity index (χ0n) is 8.99. The summed E-state index contributed by atoms with van der Waals surface area (Å²) in [6.07, 6.45) is 2.88. The molecule has 1 N–H and O–H groups in total. The van der Waals surface area contributed by atoms with Gasteiger partial charge < -0.3 is 0 Å². The van der Waals surface area contributed by atoms with Crippen molar-refractivity contribution in [2.45, 2.75) is 33.1 Å². The van der Waals surface area contributed by atoms with Crippen LogP contribution in [-0.2, 0) is 10.2 Å². The number of nitrogens with zero attached hydrogens (tertiary/aromatic N) is 1. The zero-order valence-corrected chi connectivity index (χ0v) is 9.81. The van der Waals surface area contributed by atoms with Gasteiger partial charge in [0.2, 0.25) is 0 Å². The van der Waals surface area contributed by atoms with Crippen molar-refractivity contribution in [2.24, 2.45) is 5.92 Å². The van der Waals surface area contributed by atoms with Crippen LogP contribution in [0.5, 0.6) is 0 Å². The highest BCUT2D eigenvalue weighted by Gasteiger charge is 2.24. The third-order valence-corrected chi connectivity index (χ3v) is 4.03.